The molecule has 2 amide bonds. The highest BCUT2D eigenvalue weighted by Crippen LogP contribution is 2.36. The molecule has 0 spiro atoms. The van der Waals surface area contributed by atoms with Gasteiger partial charge in [0, 0.05) is 25.4 Å². The maximum Gasteiger partial charge on any atom is 0.573 e. The van der Waals surface area contributed by atoms with E-state index in [1.54, 1.807) is 4.68 Å². The lowest BCUT2D eigenvalue weighted by molar-refractivity contribution is -0.274. The zero-order valence-corrected chi connectivity index (χ0v) is 20.2. The number of hydrogen-bond donors (Lipinski definition) is 1. The fourth-order valence-electron chi connectivity index (χ4n) is 4.18. The van der Waals surface area contributed by atoms with Gasteiger partial charge in [-0.3, -0.25) is 14.3 Å². The molecule has 0 saturated heterocycles. The number of fused-ring (bicyclic) bond motifs is 1. The summed E-state index contributed by atoms with van der Waals surface area (Å²) in [5, 5.41) is 7.11. The topological polar surface area (TPSA) is 108 Å². The monoisotopic (exact) mass is 519 g/mol. The Kier molecular flexibility index (Phi) is 7.23. The molecule has 1 aliphatic heterocycles. The smallest absolute Gasteiger partial charge is 0.491 e. The Hall–Kier alpha value is -4.29. The Balaban J connectivity index is 1.62. The second-order valence-electron chi connectivity index (χ2n) is 7.98. The second kappa shape index (κ2) is 10.4. The number of benzene rings is 1. The van der Waals surface area contributed by atoms with E-state index in [2.05, 4.69) is 20.1 Å². The van der Waals surface area contributed by atoms with Crippen molar-refractivity contribution in [3.8, 4) is 17.4 Å². The number of aryl methyl sites for hydroxylation is 1. The maximum atomic E-state index is 13.4. The second-order valence-corrected chi connectivity index (χ2v) is 7.98. The highest BCUT2D eigenvalue weighted by atomic mass is 19.4. The first-order chi connectivity index (χ1) is 17.7. The van der Waals surface area contributed by atoms with Gasteiger partial charge in [-0.2, -0.15) is 5.10 Å². The number of carbonyl (C=O) groups is 2. The van der Waals surface area contributed by atoms with E-state index in [1.165, 1.54) is 55.8 Å². The summed E-state index contributed by atoms with van der Waals surface area (Å²) in [7, 11) is 2.87. The van der Waals surface area contributed by atoms with E-state index in [9.17, 15) is 22.8 Å². The van der Waals surface area contributed by atoms with Gasteiger partial charge >= 0.3 is 6.36 Å². The lowest BCUT2D eigenvalue weighted by Gasteiger charge is -2.33. The SMILES string of the molecule is CCn1ncc2c1[C@@H](NC(=O)c1ccccc1OC(F)(F)F)CCN2C(=O)c1cnc(OC)c(OC)c1. The fourth-order valence-corrected chi connectivity index (χ4v) is 4.18. The van der Waals surface area contributed by atoms with Crippen molar-refractivity contribution in [2.75, 3.05) is 25.7 Å². The summed E-state index contributed by atoms with van der Waals surface area (Å²) in [6, 6.07) is 6.01. The van der Waals surface area contributed by atoms with Gasteiger partial charge in [0.25, 0.3) is 17.7 Å². The molecule has 37 heavy (non-hydrogen) atoms. The van der Waals surface area contributed by atoms with Crippen LogP contribution in [0.2, 0.25) is 0 Å². The average molecular weight is 519 g/mol. The lowest BCUT2D eigenvalue weighted by Crippen LogP contribution is -2.41. The van der Waals surface area contributed by atoms with Crippen molar-refractivity contribution >= 4 is 17.5 Å². The Morgan fingerprint density at radius 2 is 1.89 bits per heavy atom. The minimum absolute atomic E-state index is 0.210. The molecule has 2 aromatic heterocycles. The number of carbonyl (C=O) groups excluding carboxylic acids is 2. The number of rotatable bonds is 7. The molecule has 1 aromatic carbocycles. The van der Waals surface area contributed by atoms with Crippen LogP contribution in [0.3, 0.4) is 0 Å². The van der Waals surface area contributed by atoms with Gasteiger partial charge in [0.1, 0.15) is 5.75 Å². The normalized spacial score (nSPS) is 15.1. The van der Waals surface area contributed by atoms with Gasteiger partial charge in [-0.25, -0.2) is 4.98 Å². The van der Waals surface area contributed by atoms with E-state index in [0.717, 1.165) is 6.07 Å². The maximum absolute atomic E-state index is 13.4. The molecular formula is C24H24F3N5O5. The molecule has 13 heteroatoms. The Morgan fingerprint density at radius 1 is 1.14 bits per heavy atom. The predicted octanol–water partition coefficient (Wildman–Crippen LogP) is 3.74. The van der Waals surface area contributed by atoms with E-state index in [4.69, 9.17) is 9.47 Å². The largest absolute Gasteiger partial charge is 0.573 e. The van der Waals surface area contributed by atoms with E-state index in [1.807, 2.05) is 6.92 Å². The Bertz CT molecular complexity index is 1310. The van der Waals surface area contributed by atoms with Gasteiger partial charge in [-0.05, 0) is 25.5 Å². The molecule has 1 atom stereocenters. The third-order valence-corrected chi connectivity index (χ3v) is 5.81. The average Bonchev–Trinajstić information content (AvgIpc) is 3.32. The first-order valence-electron chi connectivity index (χ1n) is 11.3. The van der Waals surface area contributed by atoms with Crippen molar-refractivity contribution < 1.29 is 37.0 Å². The number of pyridine rings is 1. The number of para-hydroxylation sites is 1. The molecule has 0 aliphatic carbocycles. The third kappa shape index (κ3) is 5.29. The summed E-state index contributed by atoms with van der Waals surface area (Å²) in [6.07, 6.45) is -1.77. The zero-order chi connectivity index (χ0) is 26.7. The van der Waals surface area contributed by atoms with Crippen LogP contribution in [0.25, 0.3) is 0 Å². The molecule has 1 aliphatic rings. The predicted molar refractivity (Wildman–Crippen MR) is 125 cm³/mol. The molecule has 3 aromatic rings. The van der Waals surface area contributed by atoms with Gasteiger partial charge in [0.05, 0.1) is 49.0 Å². The summed E-state index contributed by atoms with van der Waals surface area (Å²) in [5.41, 5.74) is 1.02. The highest BCUT2D eigenvalue weighted by molar-refractivity contribution is 6.07. The van der Waals surface area contributed by atoms with Crippen LogP contribution in [0.4, 0.5) is 18.9 Å². The van der Waals surface area contributed by atoms with Crippen LogP contribution in [0, 0.1) is 0 Å². The van der Waals surface area contributed by atoms with Gasteiger partial charge in [0.15, 0.2) is 5.75 Å². The van der Waals surface area contributed by atoms with Crippen molar-refractivity contribution in [1.29, 1.82) is 0 Å². The summed E-state index contributed by atoms with van der Waals surface area (Å²) in [6.45, 7) is 2.49. The van der Waals surface area contributed by atoms with Crippen LogP contribution in [0.15, 0.2) is 42.7 Å². The number of amides is 2. The zero-order valence-electron chi connectivity index (χ0n) is 20.2. The minimum atomic E-state index is -4.95. The molecule has 0 radical (unpaired) electrons. The molecule has 3 heterocycles. The standard InChI is InChI=1S/C24H24F3N5O5/c1-4-32-20-16(30-21(33)15-7-5-6-8-18(15)37-24(25,26)27)9-10-31(17(20)13-29-32)23(34)14-11-19(35-2)22(36-3)28-12-14/h5-8,11-13,16H,4,9-10H2,1-3H3,(H,30,33)/t16-/m0/s1. The molecule has 0 fully saturated rings. The van der Waals surface area contributed by atoms with Crippen LogP contribution in [-0.2, 0) is 6.54 Å². The quantitative estimate of drug-likeness (QED) is 0.507. The number of methoxy groups -OCH3 is 2. The summed E-state index contributed by atoms with van der Waals surface area (Å²) in [4.78, 5) is 32.0. The van der Waals surface area contributed by atoms with E-state index >= 15 is 0 Å². The van der Waals surface area contributed by atoms with Gasteiger partial charge in [-0.1, -0.05) is 12.1 Å². The van der Waals surface area contributed by atoms with E-state index < -0.39 is 24.1 Å². The van der Waals surface area contributed by atoms with Crippen molar-refractivity contribution in [3.05, 3.63) is 59.5 Å². The van der Waals surface area contributed by atoms with E-state index in [0.29, 0.717) is 30.1 Å². The molecule has 0 bridgehead atoms. The van der Waals surface area contributed by atoms with Crippen molar-refractivity contribution in [1.82, 2.24) is 20.1 Å². The molecule has 10 nitrogen and oxygen atoms in total. The molecule has 196 valence electrons. The van der Waals surface area contributed by atoms with Crippen LogP contribution in [-0.4, -0.2) is 53.7 Å². The molecule has 4 rings (SSSR count). The summed E-state index contributed by atoms with van der Waals surface area (Å²) >= 11 is 0. The van der Waals surface area contributed by atoms with Gasteiger partial charge in [0.2, 0.25) is 0 Å². The van der Waals surface area contributed by atoms with Crippen molar-refractivity contribution in [2.45, 2.75) is 32.3 Å². The van der Waals surface area contributed by atoms with Crippen molar-refractivity contribution in [3.63, 3.8) is 0 Å². The van der Waals surface area contributed by atoms with Crippen LogP contribution < -0.4 is 24.4 Å². The summed E-state index contributed by atoms with van der Waals surface area (Å²) in [5.74, 6) is -1.19. The van der Waals surface area contributed by atoms with E-state index in [-0.39, 0.29) is 29.5 Å². The van der Waals surface area contributed by atoms with Crippen LogP contribution >= 0.6 is 0 Å². The first kappa shape index (κ1) is 25.8. The van der Waals surface area contributed by atoms with Gasteiger partial charge in [-0.15, -0.1) is 13.2 Å². The van der Waals surface area contributed by atoms with Crippen LogP contribution in [0.1, 0.15) is 45.8 Å². The van der Waals surface area contributed by atoms with Crippen LogP contribution in [0.5, 0.6) is 17.4 Å². The number of alkyl halides is 3. The Morgan fingerprint density at radius 3 is 2.57 bits per heavy atom. The molecular weight excluding hydrogens is 495 g/mol. The third-order valence-electron chi connectivity index (χ3n) is 5.81. The number of halogens is 3. The number of nitrogens with zero attached hydrogens (tertiary/aromatic N) is 4. The lowest BCUT2D eigenvalue weighted by atomic mass is 10.0. The van der Waals surface area contributed by atoms with Gasteiger partial charge < -0.3 is 24.4 Å². The highest BCUT2D eigenvalue weighted by Gasteiger charge is 2.36. The molecule has 1 N–H and O–H groups in total. The number of hydrogen-bond acceptors (Lipinski definition) is 7. The Labute approximate surface area is 209 Å². The summed E-state index contributed by atoms with van der Waals surface area (Å²) < 4.78 is 54.5. The molecule has 0 saturated carbocycles. The number of nitrogens with one attached hydrogen (secondary N) is 1. The number of ether oxygens (including phenoxy) is 3. The fraction of sp³-hybridized carbons (Fsp3) is 0.333. The van der Waals surface area contributed by atoms with Crippen molar-refractivity contribution in [2.24, 2.45) is 0 Å². The first-order valence-corrected chi connectivity index (χ1v) is 11.3. The molecule has 0 unspecified atom stereocenters. The minimum Gasteiger partial charge on any atom is -0.491 e. The number of anilines is 1. The number of aromatic nitrogens is 3.